The van der Waals surface area contributed by atoms with Gasteiger partial charge in [-0.1, -0.05) is 11.6 Å². The number of halogens is 2. The number of urea groups is 1. The summed E-state index contributed by atoms with van der Waals surface area (Å²) in [6, 6.07) is 2.66. The fraction of sp³-hybridized carbons (Fsp3) is 0.182. The molecule has 0 atom stereocenters. The summed E-state index contributed by atoms with van der Waals surface area (Å²) >= 11 is 5.53. The van der Waals surface area contributed by atoms with Gasteiger partial charge in [-0.15, -0.1) is 0 Å². The van der Waals surface area contributed by atoms with Crippen LogP contribution < -0.4 is 10.6 Å². The Labute approximate surface area is 112 Å². The van der Waals surface area contributed by atoms with E-state index in [1.54, 1.807) is 0 Å². The Morgan fingerprint density at radius 2 is 1.95 bits per heavy atom. The van der Waals surface area contributed by atoms with Crippen molar-refractivity contribution >= 4 is 35.2 Å². The highest BCUT2D eigenvalue weighted by atomic mass is 35.5. The summed E-state index contributed by atoms with van der Waals surface area (Å²) in [5, 5.41) is 12.5. The monoisotopic (exact) mass is 288 g/mol. The number of aliphatic carboxylic acids is 1. The number of rotatable bonds is 4. The highest BCUT2D eigenvalue weighted by Crippen LogP contribution is 2.18. The van der Waals surface area contributed by atoms with E-state index in [4.69, 9.17) is 16.7 Å². The van der Waals surface area contributed by atoms with Crippen LogP contribution >= 0.6 is 11.6 Å². The van der Waals surface area contributed by atoms with Crippen molar-refractivity contribution in [3.8, 4) is 0 Å². The van der Waals surface area contributed by atoms with E-state index in [9.17, 15) is 18.8 Å². The van der Waals surface area contributed by atoms with Gasteiger partial charge in [0.15, 0.2) is 0 Å². The van der Waals surface area contributed by atoms with Crippen LogP contribution in [0.5, 0.6) is 0 Å². The van der Waals surface area contributed by atoms with Crippen molar-refractivity contribution in [3.05, 3.63) is 29.0 Å². The smallest absolute Gasteiger partial charge is 0.325 e. The summed E-state index contributed by atoms with van der Waals surface area (Å²) in [7, 11) is 0. The van der Waals surface area contributed by atoms with Gasteiger partial charge in [0.2, 0.25) is 5.91 Å². The predicted octanol–water partition coefficient (Wildman–Crippen LogP) is 1.99. The zero-order valence-electron chi connectivity index (χ0n) is 9.57. The van der Waals surface area contributed by atoms with E-state index < -0.39 is 30.1 Å². The van der Waals surface area contributed by atoms with E-state index in [-0.39, 0.29) is 17.1 Å². The number of nitrogens with one attached hydrogen (secondary N) is 2. The van der Waals surface area contributed by atoms with Crippen LogP contribution in [0.2, 0.25) is 5.02 Å². The minimum atomic E-state index is -1.15. The zero-order valence-corrected chi connectivity index (χ0v) is 10.3. The Kier molecular flexibility index (Phi) is 5.25. The maximum atomic E-state index is 13.3. The third-order valence-corrected chi connectivity index (χ3v) is 2.23. The molecule has 1 aromatic carbocycles. The van der Waals surface area contributed by atoms with E-state index in [1.165, 1.54) is 12.1 Å². The van der Waals surface area contributed by atoms with Crippen molar-refractivity contribution in [2.24, 2.45) is 0 Å². The Morgan fingerprint density at radius 3 is 2.53 bits per heavy atom. The van der Waals surface area contributed by atoms with Gasteiger partial charge in [-0.25, -0.2) is 9.18 Å². The maximum absolute atomic E-state index is 13.3. The average molecular weight is 289 g/mol. The fourth-order valence-electron chi connectivity index (χ4n) is 1.15. The van der Waals surface area contributed by atoms with Crippen LogP contribution in [-0.2, 0) is 9.59 Å². The van der Waals surface area contributed by atoms with Crippen LogP contribution in [-0.4, -0.2) is 23.0 Å². The van der Waals surface area contributed by atoms with Gasteiger partial charge in [0.05, 0.1) is 12.1 Å². The first-order valence-electron chi connectivity index (χ1n) is 5.16. The molecule has 1 aromatic rings. The Morgan fingerprint density at radius 1 is 1.26 bits per heavy atom. The van der Waals surface area contributed by atoms with Crippen LogP contribution in [0.4, 0.5) is 14.9 Å². The molecule has 3 N–H and O–H groups in total. The van der Waals surface area contributed by atoms with E-state index in [2.05, 4.69) is 5.32 Å². The number of carboxylic acids is 1. The lowest BCUT2D eigenvalue weighted by molar-refractivity contribution is -0.138. The lowest BCUT2D eigenvalue weighted by Gasteiger charge is -2.07. The van der Waals surface area contributed by atoms with E-state index in [0.717, 1.165) is 6.07 Å². The van der Waals surface area contributed by atoms with Gasteiger partial charge < -0.3 is 10.4 Å². The lowest BCUT2D eigenvalue weighted by atomic mass is 10.3. The Bertz CT molecular complexity index is 521. The van der Waals surface area contributed by atoms with Crippen LogP contribution in [0.1, 0.15) is 12.8 Å². The maximum Gasteiger partial charge on any atom is 0.325 e. The van der Waals surface area contributed by atoms with Gasteiger partial charge >= 0.3 is 12.0 Å². The number of carbonyl (C=O) groups is 3. The first-order valence-corrected chi connectivity index (χ1v) is 5.54. The summed E-state index contributed by atoms with van der Waals surface area (Å²) < 4.78 is 13.3. The molecule has 0 aromatic heterocycles. The van der Waals surface area contributed by atoms with Gasteiger partial charge in [0, 0.05) is 11.4 Å². The molecular formula is C11H10ClFN2O4. The average Bonchev–Trinajstić information content (AvgIpc) is 2.30. The van der Waals surface area contributed by atoms with Gasteiger partial charge in [-0.05, 0) is 18.2 Å². The van der Waals surface area contributed by atoms with Gasteiger partial charge in [0.25, 0.3) is 0 Å². The number of amides is 3. The first-order chi connectivity index (χ1) is 8.88. The number of carbonyl (C=O) groups excluding carboxylic acids is 2. The van der Waals surface area contributed by atoms with Crippen LogP contribution in [0.3, 0.4) is 0 Å². The lowest BCUT2D eigenvalue weighted by Crippen LogP contribution is -2.34. The third kappa shape index (κ3) is 5.35. The molecule has 0 saturated carbocycles. The SMILES string of the molecule is O=C(O)CCC(=O)NC(=O)Nc1ccc(Cl)cc1F. The Balaban J connectivity index is 2.51. The molecule has 0 heterocycles. The predicted molar refractivity (Wildman–Crippen MR) is 65.4 cm³/mol. The topological polar surface area (TPSA) is 95.5 Å². The van der Waals surface area contributed by atoms with Crippen molar-refractivity contribution in [3.63, 3.8) is 0 Å². The molecule has 0 fully saturated rings. The van der Waals surface area contributed by atoms with Crippen LogP contribution in [0, 0.1) is 5.82 Å². The second kappa shape index (κ2) is 6.69. The number of carboxylic acid groups (broad SMARTS) is 1. The summed E-state index contributed by atoms with van der Waals surface area (Å²) in [5.74, 6) is -2.67. The number of hydrogen-bond donors (Lipinski definition) is 3. The third-order valence-electron chi connectivity index (χ3n) is 2.00. The molecule has 0 bridgehead atoms. The summed E-state index contributed by atoms with van der Waals surface area (Å²) in [6.07, 6.45) is -0.736. The largest absolute Gasteiger partial charge is 0.481 e. The van der Waals surface area contributed by atoms with Crippen LogP contribution in [0.15, 0.2) is 18.2 Å². The molecule has 3 amide bonds. The van der Waals surface area contributed by atoms with E-state index >= 15 is 0 Å². The molecule has 8 heteroatoms. The molecule has 0 aliphatic heterocycles. The first kappa shape index (κ1) is 14.9. The molecule has 6 nitrogen and oxygen atoms in total. The fourth-order valence-corrected chi connectivity index (χ4v) is 1.31. The van der Waals surface area contributed by atoms with Crippen molar-refractivity contribution in [1.82, 2.24) is 5.32 Å². The van der Waals surface area contributed by atoms with Crippen LogP contribution in [0.25, 0.3) is 0 Å². The standard InChI is InChI=1S/C11H10ClFN2O4/c12-6-1-2-8(7(13)5-6)14-11(19)15-9(16)3-4-10(17)18/h1-2,5H,3-4H2,(H,17,18)(H2,14,15,16,19). The molecule has 19 heavy (non-hydrogen) atoms. The molecule has 0 saturated heterocycles. The summed E-state index contributed by atoms with van der Waals surface area (Å²) in [6.45, 7) is 0. The van der Waals surface area contributed by atoms with E-state index in [0.29, 0.717) is 0 Å². The molecule has 0 radical (unpaired) electrons. The van der Waals surface area contributed by atoms with Gasteiger partial charge in [0.1, 0.15) is 5.82 Å². The molecule has 0 aliphatic carbocycles. The van der Waals surface area contributed by atoms with Gasteiger partial charge in [-0.2, -0.15) is 0 Å². The zero-order chi connectivity index (χ0) is 14.4. The molecular weight excluding hydrogens is 279 g/mol. The highest BCUT2D eigenvalue weighted by Gasteiger charge is 2.11. The number of benzene rings is 1. The van der Waals surface area contributed by atoms with Crippen molar-refractivity contribution in [1.29, 1.82) is 0 Å². The summed E-state index contributed by atoms with van der Waals surface area (Å²) in [4.78, 5) is 32.7. The Hall–Kier alpha value is -2.15. The summed E-state index contributed by atoms with van der Waals surface area (Å²) in [5.41, 5.74) is -0.145. The second-order valence-corrected chi connectivity index (χ2v) is 3.96. The number of anilines is 1. The normalized spacial score (nSPS) is 9.79. The van der Waals surface area contributed by atoms with E-state index in [1.807, 2.05) is 5.32 Å². The second-order valence-electron chi connectivity index (χ2n) is 3.52. The molecule has 1 rings (SSSR count). The molecule has 0 unspecified atom stereocenters. The van der Waals surface area contributed by atoms with Crippen molar-refractivity contribution in [2.75, 3.05) is 5.32 Å². The quantitative estimate of drug-likeness (QED) is 0.789. The molecule has 0 spiro atoms. The molecule has 0 aliphatic rings. The highest BCUT2D eigenvalue weighted by molar-refractivity contribution is 6.30. The minimum absolute atomic E-state index is 0.145. The minimum Gasteiger partial charge on any atom is -0.481 e. The number of hydrogen-bond acceptors (Lipinski definition) is 3. The van der Waals surface area contributed by atoms with Crippen molar-refractivity contribution in [2.45, 2.75) is 12.8 Å². The van der Waals surface area contributed by atoms with Crippen molar-refractivity contribution < 1.29 is 23.9 Å². The number of imide groups is 1. The molecule has 102 valence electrons. The van der Waals surface area contributed by atoms with Gasteiger partial charge in [-0.3, -0.25) is 14.9 Å².